The topological polar surface area (TPSA) is 134 Å². The average molecular weight is 489 g/mol. The first-order chi connectivity index (χ1) is 17.3. The van der Waals surface area contributed by atoms with Crippen LogP contribution in [0.25, 0.3) is 0 Å². The number of halogens is 1. The van der Waals surface area contributed by atoms with Gasteiger partial charge in [-0.1, -0.05) is 54.6 Å². The second kappa shape index (κ2) is 9.98. The SMILES string of the molecule is N#CC1(COC(=O)c2ccccc2)OC(F)C(c2ccccc2C(=O)O)C1c1ccccc1C(=O)O. The normalized spacial score (nSPS) is 22.9. The Hall–Kier alpha value is -4.55. The summed E-state index contributed by atoms with van der Waals surface area (Å²) in [5.41, 5.74) is -2.32. The summed E-state index contributed by atoms with van der Waals surface area (Å²) in [6.45, 7) is -0.720. The van der Waals surface area contributed by atoms with E-state index in [0.29, 0.717) is 0 Å². The molecule has 3 aromatic carbocycles. The summed E-state index contributed by atoms with van der Waals surface area (Å²) in [5.74, 6) is -6.15. The zero-order chi connectivity index (χ0) is 25.9. The van der Waals surface area contributed by atoms with Crippen LogP contribution in [0.15, 0.2) is 78.9 Å². The number of nitrogens with zero attached hydrogens (tertiary/aromatic N) is 1. The minimum Gasteiger partial charge on any atom is -0.478 e. The van der Waals surface area contributed by atoms with Gasteiger partial charge in [0.1, 0.15) is 12.7 Å². The van der Waals surface area contributed by atoms with Crippen LogP contribution in [0.1, 0.15) is 54.0 Å². The van der Waals surface area contributed by atoms with E-state index in [4.69, 9.17) is 9.47 Å². The Morgan fingerprint density at radius 2 is 1.42 bits per heavy atom. The number of hydrogen-bond acceptors (Lipinski definition) is 6. The predicted octanol–water partition coefficient (Wildman–Crippen LogP) is 4.40. The number of carbonyl (C=O) groups excluding carboxylic acids is 1. The van der Waals surface area contributed by atoms with Crippen LogP contribution in [0.2, 0.25) is 0 Å². The first-order valence-corrected chi connectivity index (χ1v) is 10.9. The fraction of sp³-hybridized carbons (Fsp3) is 0.185. The third-order valence-electron chi connectivity index (χ3n) is 6.16. The molecule has 0 saturated carbocycles. The molecule has 1 heterocycles. The van der Waals surface area contributed by atoms with Crippen LogP contribution in [0, 0.1) is 11.3 Å². The molecule has 2 N–H and O–H groups in total. The molecule has 0 radical (unpaired) electrons. The highest BCUT2D eigenvalue weighted by atomic mass is 19.1. The number of ether oxygens (including phenoxy) is 2. The molecule has 36 heavy (non-hydrogen) atoms. The Morgan fingerprint density at radius 1 is 0.889 bits per heavy atom. The highest BCUT2D eigenvalue weighted by Crippen LogP contribution is 2.54. The number of esters is 1. The van der Waals surface area contributed by atoms with Crippen molar-refractivity contribution in [2.24, 2.45) is 0 Å². The number of carboxylic acid groups (broad SMARTS) is 2. The fourth-order valence-corrected chi connectivity index (χ4v) is 4.58. The molecule has 0 spiro atoms. The summed E-state index contributed by atoms with van der Waals surface area (Å²) in [4.78, 5) is 36.5. The summed E-state index contributed by atoms with van der Waals surface area (Å²) in [6.07, 6.45) is -2.20. The second-order valence-corrected chi connectivity index (χ2v) is 8.20. The van der Waals surface area contributed by atoms with Gasteiger partial charge in [-0.15, -0.1) is 0 Å². The predicted molar refractivity (Wildman–Crippen MR) is 123 cm³/mol. The monoisotopic (exact) mass is 489 g/mol. The molecule has 4 unspecified atom stereocenters. The number of carbonyl (C=O) groups is 3. The molecular formula is C27H20FNO7. The van der Waals surface area contributed by atoms with Crippen molar-refractivity contribution < 1.29 is 38.5 Å². The van der Waals surface area contributed by atoms with Crippen LogP contribution in [0.4, 0.5) is 4.39 Å². The van der Waals surface area contributed by atoms with Gasteiger partial charge in [-0.25, -0.2) is 18.8 Å². The van der Waals surface area contributed by atoms with E-state index in [9.17, 15) is 29.9 Å². The minimum atomic E-state index is -2.20. The maximum atomic E-state index is 15.7. The van der Waals surface area contributed by atoms with Gasteiger partial charge >= 0.3 is 17.9 Å². The van der Waals surface area contributed by atoms with Crippen molar-refractivity contribution in [2.75, 3.05) is 6.61 Å². The molecule has 1 aliphatic heterocycles. The van der Waals surface area contributed by atoms with Crippen LogP contribution >= 0.6 is 0 Å². The Morgan fingerprint density at radius 3 is 2.00 bits per heavy atom. The number of aromatic carboxylic acids is 2. The van der Waals surface area contributed by atoms with Crippen molar-refractivity contribution in [3.05, 3.63) is 107 Å². The van der Waals surface area contributed by atoms with E-state index in [1.54, 1.807) is 18.2 Å². The Kier molecular flexibility index (Phi) is 6.81. The van der Waals surface area contributed by atoms with Crippen LogP contribution in [-0.2, 0) is 9.47 Å². The van der Waals surface area contributed by atoms with Gasteiger partial charge in [0.2, 0.25) is 6.36 Å². The summed E-state index contributed by atoms with van der Waals surface area (Å²) in [6, 6.07) is 21.2. The molecule has 0 bridgehead atoms. The van der Waals surface area contributed by atoms with Crippen molar-refractivity contribution in [1.29, 1.82) is 5.26 Å². The fourth-order valence-electron chi connectivity index (χ4n) is 4.58. The molecule has 1 fully saturated rings. The first-order valence-electron chi connectivity index (χ1n) is 10.9. The number of nitriles is 1. The largest absolute Gasteiger partial charge is 0.478 e. The third-order valence-corrected chi connectivity index (χ3v) is 6.16. The highest BCUT2D eigenvalue weighted by molar-refractivity contribution is 5.91. The van der Waals surface area contributed by atoms with Crippen molar-refractivity contribution in [1.82, 2.24) is 0 Å². The van der Waals surface area contributed by atoms with Crippen molar-refractivity contribution in [3.8, 4) is 6.07 Å². The summed E-state index contributed by atoms with van der Waals surface area (Å²) >= 11 is 0. The van der Waals surface area contributed by atoms with E-state index in [2.05, 4.69) is 0 Å². The quantitative estimate of drug-likeness (QED) is 0.467. The molecule has 3 aromatic rings. The lowest BCUT2D eigenvalue weighted by Crippen LogP contribution is -2.40. The van der Waals surface area contributed by atoms with Crippen molar-refractivity contribution in [2.45, 2.75) is 23.8 Å². The van der Waals surface area contributed by atoms with Crippen molar-refractivity contribution >= 4 is 17.9 Å². The Balaban J connectivity index is 1.85. The number of alkyl halides is 1. The van der Waals surface area contributed by atoms with Gasteiger partial charge in [0.25, 0.3) is 0 Å². The van der Waals surface area contributed by atoms with E-state index in [-0.39, 0.29) is 27.8 Å². The number of rotatable bonds is 7. The van der Waals surface area contributed by atoms with Crippen LogP contribution in [-0.4, -0.2) is 46.7 Å². The molecule has 0 amide bonds. The van der Waals surface area contributed by atoms with Gasteiger partial charge in [-0.2, -0.15) is 5.26 Å². The number of carboxylic acids is 2. The molecule has 0 aliphatic carbocycles. The first kappa shape index (κ1) is 24.6. The average Bonchev–Trinajstić information content (AvgIpc) is 3.19. The molecule has 4 rings (SSSR count). The summed E-state index contributed by atoms with van der Waals surface area (Å²) < 4.78 is 26.5. The smallest absolute Gasteiger partial charge is 0.338 e. The van der Waals surface area contributed by atoms with Crippen LogP contribution < -0.4 is 0 Å². The van der Waals surface area contributed by atoms with Gasteiger partial charge in [0.05, 0.1) is 22.6 Å². The second-order valence-electron chi connectivity index (χ2n) is 8.20. The Bertz CT molecular complexity index is 1350. The highest BCUT2D eigenvalue weighted by Gasteiger charge is 2.59. The zero-order valence-electron chi connectivity index (χ0n) is 18.7. The van der Waals surface area contributed by atoms with Gasteiger partial charge in [0.15, 0.2) is 5.60 Å². The number of hydrogen-bond donors (Lipinski definition) is 2. The lowest BCUT2D eigenvalue weighted by atomic mass is 9.72. The Labute approximate surface area is 205 Å². The molecule has 1 saturated heterocycles. The van der Waals surface area contributed by atoms with Crippen molar-refractivity contribution in [3.63, 3.8) is 0 Å². The van der Waals surface area contributed by atoms with E-state index >= 15 is 4.39 Å². The van der Waals surface area contributed by atoms with E-state index in [0.717, 1.165) is 0 Å². The van der Waals surface area contributed by atoms with Crippen LogP contribution in [0.5, 0.6) is 0 Å². The lowest BCUT2D eigenvalue weighted by molar-refractivity contribution is -0.0965. The maximum Gasteiger partial charge on any atom is 0.338 e. The summed E-state index contributed by atoms with van der Waals surface area (Å²) in [5, 5.41) is 29.7. The van der Waals surface area contributed by atoms with Gasteiger partial charge < -0.3 is 19.7 Å². The summed E-state index contributed by atoms with van der Waals surface area (Å²) in [7, 11) is 0. The standard InChI is InChI=1S/C27H20FNO7/c28-23-21(17-10-4-6-12-19(17)24(30)31)22(18-11-5-7-13-20(18)25(32)33)27(14-29,36-23)15-35-26(34)16-8-2-1-3-9-16/h1-13,21-23H,15H2,(H,30,31)(H,32,33). The minimum absolute atomic E-state index is 0.0224. The number of benzene rings is 3. The van der Waals surface area contributed by atoms with E-state index in [1.165, 1.54) is 60.7 Å². The molecule has 1 aliphatic rings. The molecule has 0 aromatic heterocycles. The zero-order valence-corrected chi connectivity index (χ0v) is 18.7. The van der Waals surface area contributed by atoms with E-state index < -0.39 is 48.3 Å². The molecule has 8 nitrogen and oxygen atoms in total. The molecule has 182 valence electrons. The van der Waals surface area contributed by atoms with Gasteiger partial charge in [0, 0.05) is 5.92 Å². The molecule has 4 atom stereocenters. The van der Waals surface area contributed by atoms with E-state index in [1.807, 2.05) is 6.07 Å². The van der Waals surface area contributed by atoms with Crippen LogP contribution in [0.3, 0.4) is 0 Å². The van der Waals surface area contributed by atoms with Gasteiger partial charge in [-0.05, 0) is 35.4 Å². The molecular weight excluding hydrogens is 469 g/mol. The maximum absolute atomic E-state index is 15.7. The van der Waals surface area contributed by atoms with Gasteiger partial charge in [-0.3, -0.25) is 0 Å². The molecule has 9 heteroatoms. The lowest BCUT2D eigenvalue weighted by Gasteiger charge is -2.30. The third kappa shape index (κ3) is 4.42.